The molecule has 4 heteroatoms. The number of carboxylic acids is 1. The molecule has 1 fully saturated rings. The number of nitrogens with zero attached hydrogens (tertiary/aromatic N) is 1. The Labute approximate surface area is 85.3 Å². The largest absolute Gasteiger partial charge is 0.480 e. The summed E-state index contributed by atoms with van der Waals surface area (Å²) in [6, 6.07) is 0. The second-order valence-corrected chi connectivity index (χ2v) is 3.90. The van der Waals surface area contributed by atoms with Gasteiger partial charge in [0, 0.05) is 0 Å². The first kappa shape index (κ1) is 11.5. The third-order valence-electron chi connectivity index (χ3n) is 2.86. The normalized spacial score (nSPS) is 19.8. The number of carboxylic acid groups (broad SMARTS) is 1. The van der Waals surface area contributed by atoms with E-state index in [1.165, 1.54) is 12.8 Å². The van der Waals surface area contributed by atoms with Crippen LogP contribution in [0.3, 0.4) is 0 Å². The molecule has 0 amide bonds. The minimum Gasteiger partial charge on any atom is -0.480 e. The Kier molecular flexibility index (Phi) is 4.90. The van der Waals surface area contributed by atoms with E-state index in [4.69, 9.17) is 5.11 Å². The zero-order chi connectivity index (χ0) is 10.4. The van der Waals surface area contributed by atoms with E-state index >= 15 is 0 Å². The smallest absolute Gasteiger partial charge is 0.317 e. The molecule has 1 aliphatic rings. The Balaban J connectivity index is 2.07. The highest BCUT2D eigenvalue weighted by Crippen LogP contribution is 2.15. The van der Waals surface area contributed by atoms with E-state index in [0.717, 1.165) is 26.2 Å². The van der Waals surface area contributed by atoms with Crippen molar-refractivity contribution in [2.24, 2.45) is 5.92 Å². The van der Waals surface area contributed by atoms with Gasteiger partial charge in [-0.3, -0.25) is 4.79 Å². The van der Waals surface area contributed by atoms with Gasteiger partial charge in [0.2, 0.25) is 0 Å². The summed E-state index contributed by atoms with van der Waals surface area (Å²) in [7, 11) is 0. The molecule has 1 rings (SSSR count). The van der Waals surface area contributed by atoms with Crippen LogP contribution in [0.5, 0.6) is 0 Å². The topological polar surface area (TPSA) is 52.6 Å². The second-order valence-electron chi connectivity index (χ2n) is 3.90. The standard InChI is InChI=1S/C10H20N2O2/c1-2-12-5-3-9(4-6-12)7-11-8-10(13)14/h9,11H,2-8H2,1H3,(H,13,14). The van der Waals surface area contributed by atoms with Gasteiger partial charge in [-0.05, 0) is 44.9 Å². The second kappa shape index (κ2) is 5.98. The van der Waals surface area contributed by atoms with E-state index in [-0.39, 0.29) is 6.54 Å². The third-order valence-corrected chi connectivity index (χ3v) is 2.86. The monoisotopic (exact) mass is 200 g/mol. The molecule has 1 saturated heterocycles. The Morgan fingerprint density at radius 3 is 2.64 bits per heavy atom. The Bertz CT molecular complexity index is 177. The number of nitrogens with one attached hydrogen (secondary N) is 1. The number of hydrogen-bond acceptors (Lipinski definition) is 3. The van der Waals surface area contributed by atoms with Gasteiger partial charge in [-0.2, -0.15) is 0 Å². The highest BCUT2D eigenvalue weighted by atomic mass is 16.4. The van der Waals surface area contributed by atoms with E-state index < -0.39 is 5.97 Å². The lowest BCUT2D eigenvalue weighted by atomic mass is 9.97. The highest BCUT2D eigenvalue weighted by Gasteiger charge is 2.17. The number of rotatable bonds is 5. The van der Waals surface area contributed by atoms with Gasteiger partial charge < -0.3 is 15.3 Å². The molecule has 0 aromatic rings. The molecule has 0 atom stereocenters. The molecule has 0 saturated carbocycles. The van der Waals surface area contributed by atoms with Crippen LogP contribution in [0.15, 0.2) is 0 Å². The molecule has 2 N–H and O–H groups in total. The van der Waals surface area contributed by atoms with Gasteiger partial charge in [-0.15, -0.1) is 0 Å². The summed E-state index contributed by atoms with van der Waals surface area (Å²) in [4.78, 5) is 12.7. The van der Waals surface area contributed by atoms with Crippen molar-refractivity contribution in [2.45, 2.75) is 19.8 Å². The van der Waals surface area contributed by atoms with Crippen molar-refractivity contribution in [3.8, 4) is 0 Å². The van der Waals surface area contributed by atoms with E-state index in [2.05, 4.69) is 17.1 Å². The van der Waals surface area contributed by atoms with Crippen LogP contribution >= 0.6 is 0 Å². The lowest BCUT2D eigenvalue weighted by Gasteiger charge is -2.30. The van der Waals surface area contributed by atoms with Gasteiger partial charge in [0.15, 0.2) is 0 Å². The molecule has 4 nitrogen and oxygen atoms in total. The summed E-state index contributed by atoms with van der Waals surface area (Å²) < 4.78 is 0. The average Bonchev–Trinajstić information content (AvgIpc) is 2.18. The zero-order valence-corrected chi connectivity index (χ0v) is 8.83. The van der Waals surface area contributed by atoms with Crippen LogP contribution in [0.25, 0.3) is 0 Å². The van der Waals surface area contributed by atoms with Crippen molar-refractivity contribution >= 4 is 5.97 Å². The van der Waals surface area contributed by atoms with Gasteiger partial charge in [0.1, 0.15) is 0 Å². The van der Waals surface area contributed by atoms with Crippen LogP contribution in [-0.4, -0.2) is 48.7 Å². The van der Waals surface area contributed by atoms with Crippen molar-refractivity contribution in [2.75, 3.05) is 32.7 Å². The zero-order valence-electron chi connectivity index (χ0n) is 8.83. The van der Waals surface area contributed by atoms with Crippen LogP contribution in [0, 0.1) is 5.92 Å². The molecular formula is C10H20N2O2. The van der Waals surface area contributed by atoms with Crippen molar-refractivity contribution in [3.63, 3.8) is 0 Å². The third kappa shape index (κ3) is 4.07. The molecule has 1 heterocycles. The summed E-state index contributed by atoms with van der Waals surface area (Å²) in [5.74, 6) is -0.104. The fourth-order valence-corrected chi connectivity index (χ4v) is 1.89. The minimum atomic E-state index is -0.768. The van der Waals surface area contributed by atoms with E-state index in [1.54, 1.807) is 0 Å². The van der Waals surface area contributed by atoms with Gasteiger partial charge in [0.25, 0.3) is 0 Å². The molecule has 0 spiro atoms. The Morgan fingerprint density at radius 2 is 2.14 bits per heavy atom. The number of aliphatic carboxylic acids is 1. The quantitative estimate of drug-likeness (QED) is 0.674. The molecule has 0 radical (unpaired) electrons. The van der Waals surface area contributed by atoms with Crippen LogP contribution < -0.4 is 5.32 Å². The average molecular weight is 200 g/mol. The van der Waals surface area contributed by atoms with Crippen molar-refractivity contribution in [1.29, 1.82) is 0 Å². The van der Waals surface area contributed by atoms with Crippen LogP contribution in [0.1, 0.15) is 19.8 Å². The Hall–Kier alpha value is -0.610. The summed E-state index contributed by atoms with van der Waals surface area (Å²) in [6.07, 6.45) is 2.39. The molecule has 0 unspecified atom stereocenters. The van der Waals surface area contributed by atoms with Gasteiger partial charge in [0.05, 0.1) is 6.54 Å². The predicted molar refractivity (Wildman–Crippen MR) is 55.3 cm³/mol. The number of likely N-dealkylation sites (tertiary alicyclic amines) is 1. The van der Waals surface area contributed by atoms with Crippen molar-refractivity contribution in [3.05, 3.63) is 0 Å². The molecule has 82 valence electrons. The number of carbonyl (C=O) groups is 1. The van der Waals surface area contributed by atoms with E-state index in [1.807, 2.05) is 0 Å². The fraction of sp³-hybridized carbons (Fsp3) is 0.900. The lowest BCUT2D eigenvalue weighted by Crippen LogP contribution is -2.38. The molecule has 0 bridgehead atoms. The maximum absolute atomic E-state index is 10.3. The molecule has 14 heavy (non-hydrogen) atoms. The maximum Gasteiger partial charge on any atom is 0.317 e. The Morgan fingerprint density at radius 1 is 1.50 bits per heavy atom. The molecule has 0 aromatic heterocycles. The lowest BCUT2D eigenvalue weighted by molar-refractivity contribution is -0.136. The van der Waals surface area contributed by atoms with Crippen molar-refractivity contribution in [1.82, 2.24) is 10.2 Å². The van der Waals surface area contributed by atoms with Crippen LogP contribution in [0.4, 0.5) is 0 Å². The first-order valence-electron chi connectivity index (χ1n) is 5.37. The van der Waals surface area contributed by atoms with Crippen molar-refractivity contribution < 1.29 is 9.90 Å². The first-order valence-corrected chi connectivity index (χ1v) is 5.37. The van der Waals surface area contributed by atoms with Gasteiger partial charge in [-0.25, -0.2) is 0 Å². The first-order chi connectivity index (χ1) is 6.72. The van der Waals surface area contributed by atoms with Crippen LogP contribution in [-0.2, 0) is 4.79 Å². The molecule has 0 aromatic carbocycles. The van der Waals surface area contributed by atoms with E-state index in [0.29, 0.717) is 5.92 Å². The van der Waals surface area contributed by atoms with Gasteiger partial charge >= 0.3 is 5.97 Å². The summed E-state index contributed by atoms with van der Waals surface area (Å²) in [5.41, 5.74) is 0. The molecule has 0 aliphatic carbocycles. The molecular weight excluding hydrogens is 180 g/mol. The summed E-state index contributed by atoms with van der Waals surface area (Å²) in [5, 5.41) is 11.4. The van der Waals surface area contributed by atoms with Crippen LogP contribution in [0.2, 0.25) is 0 Å². The molecule has 1 aliphatic heterocycles. The van der Waals surface area contributed by atoms with E-state index in [9.17, 15) is 4.79 Å². The fourth-order valence-electron chi connectivity index (χ4n) is 1.89. The number of piperidine rings is 1. The summed E-state index contributed by atoms with van der Waals surface area (Å²) in [6.45, 7) is 6.59. The predicted octanol–water partition coefficient (Wildman–Crippen LogP) is 0.393. The van der Waals surface area contributed by atoms with Gasteiger partial charge in [-0.1, -0.05) is 6.92 Å². The number of hydrogen-bond donors (Lipinski definition) is 2. The SMILES string of the molecule is CCN1CCC(CNCC(=O)O)CC1. The maximum atomic E-state index is 10.3. The minimum absolute atomic E-state index is 0.0913. The summed E-state index contributed by atoms with van der Waals surface area (Å²) >= 11 is 0. The highest BCUT2D eigenvalue weighted by molar-refractivity contribution is 5.68.